The highest BCUT2D eigenvalue weighted by Gasteiger charge is 2.19. The van der Waals surface area contributed by atoms with E-state index in [1.807, 2.05) is 11.3 Å². The van der Waals surface area contributed by atoms with Crippen molar-refractivity contribution in [3.8, 4) is 22.5 Å². The van der Waals surface area contributed by atoms with Crippen LogP contribution < -0.4 is 0 Å². The van der Waals surface area contributed by atoms with E-state index in [-0.39, 0.29) is 0 Å². The van der Waals surface area contributed by atoms with E-state index in [1.54, 1.807) is 0 Å². The van der Waals surface area contributed by atoms with Crippen LogP contribution in [0.3, 0.4) is 0 Å². The van der Waals surface area contributed by atoms with E-state index in [9.17, 15) is 0 Å². The fourth-order valence-electron chi connectivity index (χ4n) is 7.35. The Kier molecular flexibility index (Phi) is 5.19. The number of rotatable bonds is 3. The molecule has 45 heavy (non-hydrogen) atoms. The molecule has 0 N–H and O–H groups in total. The number of hydrogen-bond acceptors (Lipinski definition) is 1. The lowest BCUT2D eigenvalue weighted by Crippen LogP contribution is -1.96. The summed E-state index contributed by atoms with van der Waals surface area (Å²) < 4.78 is 7.53. The summed E-state index contributed by atoms with van der Waals surface area (Å²) in [7, 11) is 0. The molecule has 0 fully saturated rings. The molecule has 3 aromatic heterocycles. The van der Waals surface area contributed by atoms with E-state index in [0.29, 0.717) is 0 Å². The zero-order valence-electron chi connectivity index (χ0n) is 24.3. The maximum Gasteiger partial charge on any atom is 0.0562 e. The molecule has 0 saturated heterocycles. The molecule has 0 aliphatic heterocycles. The van der Waals surface area contributed by atoms with Crippen molar-refractivity contribution in [3.63, 3.8) is 0 Å². The summed E-state index contributed by atoms with van der Waals surface area (Å²) in [5.41, 5.74) is 9.71. The topological polar surface area (TPSA) is 9.86 Å². The third-order valence-corrected chi connectivity index (χ3v) is 10.5. The Morgan fingerprint density at radius 1 is 0.356 bits per heavy atom. The standard InChI is InChI=1S/C42H26N2S/c1-2-13-28(14-3-1)43-37-21-7-4-16-31(37)35-25-36-32-17-5-8-22-38(32)44(40(36)26-39(35)43)29-15-10-12-27(24-29)30-19-11-20-34-33-18-6-9-23-41(33)45-42(30)34/h1-26H. The first-order valence-corrected chi connectivity index (χ1v) is 16.2. The minimum absolute atomic E-state index is 1.17. The Labute approximate surface area is 263 Å². The molecule has 0 bridgehead atoms. The van der Waals surface area contributed by atoms with Crippen LogP contribution in [0.2, 0.25) is 0 Å². The summed E-state index contributed by atoms with van der Waals surface area (Å²) in [5.74, 6) is 0. The second-order valence-electron chi connectivity index (χ2n) is 11.8. The quantitative estimate of drug-likeness (QED) is 0.194. The molecule has 3 heteroatoms. The molecule has 10 aromatic rings. The normalized spacial score (nSPS) is 12.0. The van der Waals surface area contributed by atoms with Gasteiger partial charge in [0.25, 0.3) is 0 Å². The number of thiophene rings is 1. The summed E-state index contributed by atoms with van der Waals surface area (Å²) in [6.45, 7) is 0. The molecule has 10 rings (SSSR count). The Morgan fingerprint density at radius 3 is 1.69 bits per heavy atom. The zero-order chi connectivity index (χ0) is 29.5. The summed E-state index contributed by atoms with van der Waals surface area (Å²) in [4.78, 5) is 0. The fraction of sp³-hybridized carbons (Fsp3) is 0. The van der Waals surface area contributed by atoms with Crippen molar-refractivity contribution < 1.29 is 0 Å². The van der Waals surface area contributed by atoms with Gasteiger partial charge in [-0.05, 0) is 65.7 Å². The minimum atomic E-state index is 1.17. The van der Waals surface area contributed by atoms with Gasteiger partial charge < -0.3 is 9.13 Å². The molecular weight excluding hydrogens is 565 g/mol. The smallest absolute Gasteiger partial charge is 0.0562 e. The molecule has 0 unspecified atom stereocenters. The van der Waals surface area contributed by atoms with Gasteiger partial charge in [0.15, 0.2) is 0 Å². The fourth-order valence-corrected chi connectivity index (χ4v) is 8.59. The minimum Gasteiger partial charge on any atom is -0.309 e. The van der Waals surface area contributed by atoms with Gasteiger partial charge >= 0.3 is 0 Å². The average molecular weight is 591 g/mol. The first kappa shape index (κ1) is 24.8. The van der Waals surface area contributed by atoms with Crippen LogP contribution in [0.15, 0.2) is 158 Å². The summed E-state index contributed by atoms with van der Waals surface area (Å²) in [6, 6.07) is 57.6. The maximum absolute atomic E-state index is 2.45. The van der Waals surface area contributed by atoms with Crippen LogP contribution in [0.1, 0.15) is 0 Å². The molecule has 0 radical (unpaired) electrons. The number of nitrogens with zero attached hydrogens (tertiary/aromatic N) is 2. The Bertz CT molecular complexity index is 2760. The van der Waals surface area contributed by atoms with Crippen molar-refractivity contribution >= 4 is 75.1 Å². The molecule has 0 aliphatic carbocycles. The molecular formula is C42H26N2S. The molecule has 3 heterocycles. The van der Waals surface area contributed by atoms with Gasteiger partial charge in [0, 0.05) is 53.1 Å². The average Bonchev–Trinajstić information content (AvgIpc) is 3.75. The maximum atomic E-state index is 2.45. The van der Waals surface area contributed by atoms with Gasteiger partial charge in [-0.1, -0.05) is 103 Å². The monoisotopic (exact) mass is 590 g/mol. The van der Waals surface area contributed by atoms with Crippen molar-refractivity contribution in [1.82, 2.24) is 9.13 Å². The highest BCUT2D eigenvalue weighted by molar-refractivity contribution is 7.26. The third-order valence-electron chi connectivity index (χ3n) is 9.30. The van der Waals surface area contributed by atoms with E-state index in [2.05, 4.69) is 167 Å². The number of hydrogen-bond donors (Lipinski definition) is 0. The molecule has 7 aromatic carbocycles. The first-order chi connectivity index (χ1) is 22.3. The van der Waals surface area contributed by atoms with Crippen LogP contribution >= 0.6 is 11.3 Å². The van der Waals surface area contributed by atoms with Crippen LogP contribution in [-0.2, 0) is 0 Å². The van der Waals surface area contributed by atoms with Crippen LogP contribution in [-0.4, -0.2) is 9.13 Å². The van der Waals surface area contributed by atoms with E-state index in [0.717, 1.165) is 0 Å². The Morgan fingerprint density at radius 2 is 0.933 bits per heavy atom. The van der Waals surface area contributed by atoms with Crippen molar-refractivity contribution in [1.29, 1.82) is 0 Å². The van der Waals surface area contributed by atoms with Crippen LogP contribution in [0.5, 0.6) is 0 Å². The van der Waals surface area contributed by atoms with E-state index < -0.39 is 0 Å². The van der Waals surface area contributed by atoms with Gasteiger partial charge in [-0.15, -0.1) is 11.3 Å². The Balaban J connectivity index is 1.27. The van der Waals surface area contributed by atoms with Gasteiger partial charge in [0.05, 0.1) is 22.1 Å². The third kappa shape index (κ3) is 3.56. The van der Waals surface area contributed by atoms with E-state index in [4.69, 9.17) is 0 Å². The molecule has 0 spiro atoms. The van der Waals surface area contributed by atoms with Gasteiger partial charge in [-0.3, -0.25) is 0 Å². The van der Waals surface area contributed by atoms with Gasteiger partial charge in [0.1, 0.15) is 0 Å². The van der Waals surface area contributed by atoms with E-state index in [1.165, 1.54) is 86.3 Å². The van der Waals surface area contributed by atoms with Gasteiger partial charge in [-0.2, -0.15) is 0 Å². The van der Waals surface area contributed by atoms with E-state index >= 15 is 0 Å². The van der Waals surface area contributed by atoms with Crippen LogP contribution in [0.25, 0.3) is 86.3 Å². The van der Waals surface area contributed by atoms with Crippen molar-refractivity contribution in [2.45, 2.75) is 0 Å². The molecule has 0 atom stereocenters. The highest BCUT2D eigenvalue weighted by atomic mass is 32.1. The van der Waals surface area contributed by atoms with Crippen LogP contribution in [0.4, 0.5) is 0 Å². The van der Waals surface area contributed by atoms with Gasteiger partial charge in [-0.25, -0.2) is 0 Å². The van der Waals surface area contributed by atoms with Crippen LogP contribution in [0, 0.1) is 0 Å². The second-order valence-corrected chi connectivity index (χ2v) is 12.8. The molecule has 0 saturated carbocycles. The predicted molar refractivity (Wildman–Crippen MR) is 193 cm³/mol. The number of para-hydroxylation sites is 3. The van der Waals surface area contributed by atoms with Gasteiger partial charge in [0.2, 0.25) is 0 Å². The predicted octanol–water partition coefficient (Wildman–Crippen LogP) is 11.9. The van der Waals surface area contributed by atoms with Crippen molar-refractivity contribution in [3.05, 3.63) is 158 Å². The first-order valence-electron chi connectivity index (χ1n) is 15.4. The lowest BCUT2D eigenvalue weighted by atomic mass is 10.0. The zero-order valence-corrected chi connectivity index (χ0v) is 25.1. The molecule has 0 aliphatic rings. The molecule has 0 amide bonds. The van der Waals surface area contributed by atoms with Crippen molar-refractivity contribution in [2.24, 2.45) is 0 Å². The summed E-state index contributed by atoms with van der Waals surface area (Å²) in [6.07, 6.45) is 0. The second kappa shape index (κ2) is 9.43. The molecule has 210 valence electrons. The summed E-state index contributed by atoms with van der Waals surface area (Å²) in [5, 5.41) is 7.74. The number of aromatic nitrogens is 2. The molecule has 2 nitrogen and oxygen atoms in total. The SMILES string of the molecule is c1ccc(-n2c3ccccc3c3cc4c5ccccc5n(-c5cccc(-c6cccc7c6sc6ccccc67)c5)c4cc32)cc1. The lowest BCUT2D eigenvalue weighted by molar-refractivity contribution is 1.16. The lowest BCUT2D eigenvalue weighted by Gasteiger charge is -2.12. The highest BCUT2D eigenvalue weighted by Crippen LogP contribution is 2.42. The van der Waals surface area contributed by atoms with Crippen molar-refractivity contribution in [2.75, 3.05) is 0 Å². The number of fused-ring (bicyclic) bond motifs is 9. The largest absolute Gasteiger partial charge is 0.309 e. The number of benzene rings is 7. The Hall–Kier alpha value is -5.64. The summed E-state index contributed by atoms with van der Waals surface area (Å²) >= 11 is 1.88.